The van der Waals surface area contributed by atoms with E-state index in [4.69, 9.17) is 0 Å². The average molecular weight is 407 g/mol. The number of aromatic nitrogens is 1. The fraction of sp³-hybridized carbons (Fsp3) is 0.261. The number of carbonyl (C=O) groups is 3. The number of ketones is 1. The third-order valence-corrected chi connectivity index (χ3v) is 5.49. The van der Waals surface area contributed by atoms with Crippen LogP contribution >= 0.6 is 0 Å². The van der Waals surface area contributed by atoms with E-state index in [1.807, 2.05) is 6.07 Å². The van der Waals surface area contributed by atoms with E-state index in [2.05, 4.69) is 15.6 Å². The number of halogens is 1. The van der Waals surface area contributed by atoms with E-state index in [0.29, 0.717) is 17.5 Å². The van der Waals surface area contributed by atoms with E-state index >= 15 is 0 Å². The largest absolute Gasteiger partial charge is 0.360 e. The Morgan fingerprint density at radius 1 is 0.933 bits per heavy atom. The van der Waals surface area contributed by atoms with Crippen molar-refractivity contribution in [1.82, 2.24) is 15.6 Å². The minimum atomic E-state index is -0.776. The van der Waals surface area contributed by atoms with Crippen molar-refractivity contribution < 1.29 is 18.8 Å². The molecule has 0 saturated heterocycles. The summed E-state index contributed by atoms with van der Waals surface area (Å²) in [7, 11) is 0. The summed E-state index contributed by atoms with van der Waals surface area (Å²) in [6.45, 7) is 0. The van der Waals surface area contributed by atoms with Gasteiger partial charge in [0, 0.05) is 34.7 Å². The van der Waals surface area contributed by atoms with Gasteiger partial charge in [0.1, 0.15) is 5.82 Å². The van der Waals surface area contributed by atoms with E-state index in [9.17, 15) is 18.8 Å². The number of amides is 2. The Balaban J connectivity index is 1.39. The molecule has 7 heteroatoms. The second kappa shape index (κ2) is 8.49. The highest BCUT2D eigenvalue weighted by Gasteiger charge is 2.28. The second-order valence-corrected chi connectivity index (χ2v) is 7.57. The fourth-order valence-corrected chi connectivity index (χ4v) is 4.00. The van der Waals surface area contributed by atoms with Crippen LogP contribution in [0.2, 0.25) is 0 Å². The number of fused-ring (bicyclic) bond motifs is 1. The van der Waals surface area contributed by atoms with Gasteiger partial charge in [-0.15, -0.1) is 0 Å². The molecule has 30 heavy (non-hydrogen) atoms. The zero-order valence-electron chi connectivity index (χ0n) is 16.3. The summed E-state index contributed by atoms with van der Waals surface area (Å²) in [5.41, 5.74) is 1.07. The monoisotopic (exact) mass is 407 g/mol. The number of rotatable bonds is 5. The molecule has 1 aliphatic rings. The SMILES string of the molecule is O=C(NC1CCCC(NC(=O)c2ccccc2)C1)C(=O)c1c[nH]c2cccc(F)c12. The van der Waals surface area contributed by atoms with Crippen molar-refractivity contribution >= 4 is 28.5 Å². The molecule has 1 fully saturated rings. The molecule has 2 amide bonds. The number of H-pyrrole nitrogens is 1. The van der Waals surface area contributed by atoms with Crippen molar-refractivity contribution in [2.75, 3.05) is 0 Å². The molecule has 3 N–H and O–H groups in total. The van der Waals surface area contributed by atoms with Crippen LogP contribution in [0.25, 0.3) is 10.9 Å². The molecule has 1 saturated carbocycles. The number of hydrogen-bond acceptors (Lipinski definition) is 3. The third kappa shape index (κ3) is 4.10. The maximum absolute atomic E-state index is 14.1. The van der Waals surface area contributed by atoms with E-state index in [1.165, 1.54) is 18.3 Å². The smallest absolute Gasteiger partial charge is 0.292 e. The Morgan fingerprint density at radius 3 is 2.43 bits per heavy atom. The number of hydrogen-bond donors (Lipinski definition) is 3. The summed E-state index contributed by atoms with van der Waals surface area (Å²) in [6.07, 6.45) is 4.26. The predicted molar refractivity (Wildman–Crippen MR) is 111 cm³/mol. The first-order valence-electron chi connectivity index (χ1n) is 9.99. The van der Waals surface area contributed by atoms with Gasteiger partial charge in [0.2, 0.25) is 0 Å². The van der Waals surface area contributed by atoms with Gasteiger partial charge >= 0.3 is 0 Å². The van der Waals surface area contributed by atoms with Gasteiger partial charge in [-0.2, -0.15) is 0 Å². The summed E-state index contributed by atoms with van der Waals surface area (Å²) < 4.78 is 14.1. The average Bonchev–Trinajstić information content (AvgIpc) is 3.19. The number of Topliss-reactive ketones (excluding diaryl/α,β-unsaturated/α-hetero) is 1. The summed E-state index contributed by atoms with van der Waals surface area (Å²) in [6, 6.07) is 13.1. The number of aromatic amines is 1. The summed E-state index contributed by atoms with van der Waals surface area (Å²) in [4.78, 5) is 40.3. The minimum absolute atomic E-state index is 0.0188. The molecule has 3 aromatic rings. The quantitative estimate of drug-likeness (QED) is 0.447. The standard InChI is InChI=1S/C23H22FN3O3/c24-18-10-5-11-19-20(18)17(13-25-19)21(28)23(30)27-16-9-4-8-15(12-16)26-22(29)14-6-2-1-3-7-14/h1-3,5-7,10-11,13,15-16,25H,4,8-9,12H2,(H,26,29)(H,27,30). The van der Waals surface area contributed by atoms with Crippen LogP contribution in [0.4, 0.5) is 4.39 Å². The van der Waals surface area contributed by atoms with Crippen LogP contribution in [-0.2, 0) is 4.79 Å². The van der Waals surface area contributed by atoms with Crippen LogP contribution in [0, 0.1) is 5.82 Å². The van der Waals surface area contributed by atoms with Gasteiger partial charge in [-0.25, -0.2) is 4.39 Å². The molecule has 2 atom stereocenters. The Kier molecular flexibility index (Phi) is 5.61. The summed E-state index contributed by atoms with van der Waals surface area (Å²) in [5.74, 6) is -2.25. The van der Waals surface area contributed by atoms with E-state index < -0.39 is 17.5 Å². The highest BCUT2D eigenvalue weighted by molar-refractivity contribution is 6.45. The molecule has 1 aliphatic carbocycles. The molecular formula is C23H22FN3O3. The number of carbonyl (C=O) groups excluding carboxylic acids is 3. The molecule has 1 aromatic heterocycles. The van der Waals surface area contributed by atoms with Crippen molar-refractivity contribution in [3.8, 4) is 0 Å². The first-order valence-corrected chi connectivity index (χ1v) is 9.99. The first-order chi connectivity index (χ1) is 14.5. The highest BCUT2D eigenvalue weighted by atomic mass is 19.1. The Hall–Kier alpha value is -3.48. The van der Waals surface area contributed by atoms with E-state index in [-0.39, 0.29) is 28.9 Å². The first kappa shape index (κ1) is 19.8. The van der Waals surface area contributed by atoms with Crippen molar-refractivity contribution in [3.05, 3.63) is 71.7 Å². The van der Waals surface area contributed by atoms with Crippen molar-refractivity contribution in [2.24, 2.45) is 0 Å². The molecule has 0 aliphatic heterocycles. The molecule has 2 unspecified atom stereocenters. The lowest BCUT2D eigenvalue weighted by atomic mass is 9.90. The van der Waals surface area contributed by atoms with Gasteiger partial charge in [0.25, 0.3) is 17.6 Å². The number of nitrogens with one attached hydrogen (secondary N) is 3. The lowest BCUT2D eigenvalue weighted by Gasteiger charge is -2.30. The Morgan fingerprint density at radius 2 is 1.67 bits per heavy atom. The normalized spacial score (nSPS) is 18.7. The maximum atomic E-state index is 14.1. The lowest BCUT2D eigenvalue weighted by Crippen LogP contribution is -2.47. The van der Waals surface area contributed by atoms with Gasteiger partial charge in [-0.3, -0.25) is 14.4 Å². The van der Waals surface area contributed by atoms with E-state index in [1.54, 1.807) is 30.3 Å². The Bertz CT molecular complexity index is 1090. The zero-order chi connectivity index (χ0) is 21.1. The van der Waals surface area contributed by atoms with E-state index in [0.717, 1.165) is 19.3 Å². The van der Waals surface area contributed by atoms with Gasteiger partial charge in [0.05, 0.1) is 5.56 Å². The van der Waals surface area contributed by atoms with Crippen molar-refractivity contribution in [2.45, 2.75) is 37.8 Å². The predicted octanol–water partition coefficient (Wildman–Crippen LogP) is 3.35. The lowest BCUT2D eigenvalue weighted by molar-refractivity contribution is -0.117. The molecule has 0 radical (unpaired) electrons. The summed E-state index contributed by atoms with van der Waals surface area (Å²) in [5, 5.41) is 5.87. The van der Waals surface area contributed by atoms with Crippen LogP contribution in [-0.4, -0.2) is 34.7 Å². The van der Waals surface area contributed by atoms with Crippen LogP contribution in [0.15, 0.2) is 54.7 Å². The fourth-order valence-electron chi connectivity index (χ4n) is 4.00. The zero-order valence-corrected chi connectivity index (χ0v) is 16.3. The highest BCUT2D eigenvalue weighted by Crippen LogP contribution is 2.23. The molecule has 0 bridgehead atoms. The molecule has 0 spiro atoms. The topological polar surface area (TPSA) is 91.1 Å². The third-order valence-electron chi connectivity index (χ3n) is 5.49. The van der Waals surface area contributed by atoms with Crippen LogP contribution < -0.4 is 10.6 Å². The van der Waals surface area contributed by atoms with Gasteiger partial charge in [-0.05, 0) is 49.9 Å². The minimum Gasteiger partial charge on any atom is -0.360 e. The molecule has 6 nitrogen and oxygen atoms in total. The maximum Gasteiger partial charge on any atom is 0.292 e. The molecule has 1 heterocycles. The van der Waals surface area contributed by atoms with Gasteiger partial charge in [-0.1, -0.05) is 24.3 Å². The summed E-state index contributed by atoms with van der Waals surface area (Å²) >= 11 is 0. The second-order valence-electron chi connectivity index (χ2n) is 7.57. The van der Waals surface area contributed by atoms with Crippen molar-refractivity contribution in [3.63, 3.8) is 0 Å². The van der Waals surface area contributed by atoms with Crippen LogP contribution in [0.1, 0.15) is 46.4 Å². The van der Waals surface area contributed by atoms with Gasteiger partial charge in [0.15, 0.2) is 0 Å². The molecule has 2 aromatic carbocycles. The molecule has 4 rings (SSSR count). The molecular weight excluding hydrogens is 385 g/mol. The molecule has 154 valence electrons. The number of benzene rings is 2. The van der Waals surface area contributed by atoms with Crippen LogP contribution in [0.3, 0.4) is 0 Å². The van der Waals surface area contributed by atoms with Crippen LogP contribution in [0.5, 0.6) is 0 Å². The van der Waals surface area contributed by atoms with Gasteiger partial charge < -0.3 is 15.6 Å². The van der Waals surface area contributed by atoms with Crippen molar-refractivity contribution in [1.29, 1.82) is 0 Å². The Labute approximate surface area is 172 Å².